The van der Waals surface area contributed by atoms with E-state index >= 15 is 0 Å². The first-order valence-electron chi connectivity index (χ1n) is 5.78. The van der Waals surface area contributed by atoms with Crippen LogP contribution in [-0.4, -0.2) is 52.2 Å². The Labute approximate surface area is 101 Å². The van der Waals surface area contributed by atoms with Crippen LogP contribution in [-0.2, 0) is 6.54 Å². The van der Waals surface area contributed by atoms with Crippen molar-refractivity contribution >= 4 is 6.09 Å². The molecule has 5 heteroatoms. The molecule has 0 spiro atoms. The van der Waals surface area contributed by atoms with E-state index in [4.69, 9.17) is 5.11 Å². The lowest BCUT2D eigenvalue weighted by molar-refractivity contribution is 0.102. The number of rotatable bonds is 2. The third kappa shape index (κ3) is 3.17. The molecule has 92 valence electrons. The maximum Gasteiger partial charge on any atom is 0.407 e. The fourth-order valence-electron chi connectivity index (χ4n) is 2.01. The number of nitrogens with zero attached hydrogens (tertiary/aromatic N) is 3. The summed E-state index contributed by atoms with van der Waals surface area (Å²) in [6, 6.07) is 5.99. The van der Waals surface area contributed by atoms with Crippen molar-refractivity contribution in [1.29, 1.82) is 0 Å². The normalized spacial score (nSPS) is 17.1. The molecule has 2 heterocycles. The summed E-state index contributed by atoms with van der Waals surface area (Å²) in [6.45, 7) is 5.51. The van der Waals surface area contributed by atoms with Crippen molar-refractivity contribution in [3.8, 4) is 0 Å². The van der Waals surface area contributed by atoms with Gasteiger partial charge in [0.1, 0.15) is 0 Å². The molecule has 1 N–H and O–H groups in total. The van der Waals surface area contributed by atoms with Crippen LogP contribution in [0.25, 0.3) is 0 Å². The molecule has 17 heavy (non-hydrogen) atoms. The number of amides is 1. The molecule has 0 aromatic carbocycles. The van der Waals surface area contributed by atoms with Gasteiger partial charge in [-0.1, -0.05) is 6.07 Å². The van der Waals surface area contributed by atoms with Gasteiger partial charge in [0, 0.05) is 38.4 Å². The van der Waals surface area contributed by atoms with Crippen LogP contribution < -0.4 is 0 Å². The molecule has 0 radical (unpaired) electrons. The van der Waals surface area contributed by atoms with Crippen LogP contribution in [0, 0.1) is 6.92 Å². The van der Waals surface area contributed by atoms with E-state index in [1.165, 1.54) is 4.90 Å². The van der Waals surface area contributed by atoms with Crippen molar-refractivity contribution in [3.05, 3.63) is 29.6 Å². The van der Waals surface area contributed by atoms with E-state index in [9.17, 15) is 4.79 Å². The van der Waals surface area contributed by atoms with Gasteiger partial charge in [0.15, 0.2) is 0 Å². The van der Waals surface area contributed by atoms with Crippen molar-refractivity contribution < 1.29 is 9.90 Å². The second kappa shape index (κ2) is 5.14. The highest BCUT2D eigenvalue weighted by Crippen LogP contribution is 2.07. The molecule has 5 nitrogen and oxygen atoms in total. The molecule has 0 bridgehead atoms. The van der Waals surface area contributed by atoms with Crippen molar-refractivity contribution in [3.63, 3.8) is 0 Å². The Morgan fingerprint density at radius 1 is 1.35 bits per heavy atom. The van der Waals surface area contributed by atoms with Gasteiger partial charge in [-0.15, -0.1) is 0 Å². The van der Waals surface area contributed by atoms with Gasteiger partial charge >= 0.3 is 6.09 Å². The summed E-state index contributed by atoms with van der Waals surface area (Å²) in [5, 5.41) is 8.85. The van der Waals surface area contributed by atoms with Gasteiger partial charge in [0.25, 0.3) is 0 Å². The second-order valence-corrected chi connectivity index (χ2v) is 4.32. The van der Waals surface area contributed by atoms with Crippen LogP contribution in [0.5, 0.6) is 0 Å². The van der Waals surface area contributed by atoms with E-state index in [0.29, 0.717) is 13.1 Å². The highest BCUT2D eigenvalue weighted by atomic mass is 16.4. The first-order chi connectivity index (χ1) is 8.15. The molecular formula is C12H17N3O2. The lowest BCUT2D eigenvalue weighted by atomic mass is 10.2. The quantitative estimate of drug-likeness (QED) is 0.836. The zero-order chi connectivity index (χ0) is 12.3. The summed E-state index contributed by atoms with van der Waals surface area (Å²) in [5.41, 5.74) is 2.07. The Bertz CT molecular complexity index is 400. The zero-order valence-corrected chi connectivity index (χ0v) is 9.96. The topological polar surface area (TPSA) is 56.7 Å². The van der Waals surface area contributed by atoms with Gasteiger partial charge in [0.2, 0.25) is 0 Å². The molecule has 1 aliphatic heterocycles. The van der Waals surface area contributed by atoms with E-state index in [0.717, 1.165) is 31.0 Å². The van der Waals surface area contributed by atoms with Crippen molar-refractivity contribution in [2.75, 3.05) is 26.2 Å². The Balaban J connectivity index is 1.88. The average Bonchev–Trinajstić information content (AvgIpc) is 2.29. The Hall–Kier alpha value is -1.62. The summed E-state index contributed by atoms with van der Waals surface area (Å²) >= 11 is 0. The number of aryl methyl sites for hydroxylation is 1. The second-order valence-electron chi connectivity index (χ2n) is 4.32. The smallest absolute Gasteiger partial charge is 0.407 e. The summed E-state index contributed by atoms with van der Waals surface area (Å²) < 4.78 is 0. The van der Waals surface area contributed by atoms with Crippen LogP contribution in [0.3, 0.4) is 0 Å². The summed E-state index contributed by atoms with van der Waals surface area (Å²) in [4.78, 5) is 18.9. The van der Waals surface area contributed by atoms with Crippen LogP contribution in [0.2, 0.25) is 0 Å². The number of carbonyl (C=O) groups is 1. The van der Waals surface area contributed by atoms with E-state index < -0.39 is 6.09 Å². The highest BCUT2D eigenvalue weighted by molar-refractivity contribution is 5.65. The maximum absolute atomic E-state index is 10.8. The van der Waals surface area contributed by atoms with Crippen molar-refractivity contribution in [2.24, 2.45) is 0 Å². The number of aromatic nitrogens is 1. The van der Waals surface area contributed by atoms with E-state index in [2.05, 4.69) is 9.88 Å². The maximum atomic E-state index is 10.8. The average molecular weight is 235 g/mol. The molecule has 1 amide bonds. The van der Waals surface area contributed by atoms with Crippen LogP contribution in [0.15, 0.2) is 18.2 Å². The molecule has 1 aromatic rings. The minimum atomic E-state index is -0.821. The molecular weight excluding hydrogens is 218 g/mol. The van der Waals surface area contributed by atoms with Gasteiger partial charge in [0.05, 0.1) is 5.69 Å². The molecule has 1 aliphatic rings. The number of hydrogen-bond acceptors (Lipinski definition) is 3. The lowest BCUT2D eigenvalue weighted by Crippen LogP contribution is -2.47. The highest BCUT2D eigenvalue weighted by Gasteiger charge is 2.20. The van der Waals surface area contributed by atoms with Crippen molar-refractivity contribution in [2.45, 2.75) is 13.5 Å². The minimum Gasteiger partial charge on any atom is -0.465 e. The van der Waals surface area contributed by atoms with E-state index in [-0.39, 0.29) is 0 Å². The minimum absolute atomic E-state index is 0.584. The predicted molar refractivity (Wildman–Crippen MR) is 63.8 cm³/mol. The van der Waals surface area contributed by atoms with Crippen LogP contribution >= 0.6 is 0 Å². The molecule has 0 atom stereocenters. The van der Waals surface area contributed by atoms with Gasteiger partial charge in [-0.25, -0.2) is 4.79 Å². The Morgan fingerprint density at radius 2 is 2.06 bits per heavy atom. The van der Waals surface area contributed by atoms with Crippen LogP contribution in [0.4, 0.5) is 4.79 Å². The van der Waals surface area contributed by atoms with Gasteiger partial charge in [-0.3, -0.25) is 9.88 Å². The zero-order valence-electron chi connectivity index (χ0n) is 9.96. The lowest BCUT2D eigenvalue weighted by Gasteiger charge is -2.32. The molecule has 0 unspecified atom stereocenters. The van der Waals surface area contributed by atoms with Gasteiger partial charge < -0.3 is 10.0 Å². The van der Waals surface area contributed by atoms with Crippen molar-refractivity contribution in [1.82, 2.24) is 14.8 Å². The van der Waals surface area contributed by atoms with E-state index in [1.807, 2.05) is 25.1 Å². The largest absolute Gasteiger partial charge is 0.465 e. The van der Waals surface area contributed by atoms with Gasteiger partial charge in [-0.05, 0) is 19.1 Å². The standard InChI is InChI=1S/C12H17N3O2/c1-10-3-2-4-11(13-10)9-14-5-7-15(8-6-14)12(16)17/h2-4H,5-9H2,1H3,(H,16,17). The number of carboxylic acid groups (broad SMARTS) is 1. The molecule has 0 saturated carbocycles. The summed E-state index contributed by atoms with van der Waals surface area (Å²) in [6.07, 6.45) is -0.821. The first-order valence-corrected chi connectivity index (χ1v) is 5.78. The number of pyridine rings is 1. The molecule has 2 rings (SSSR count). The molecule has 1 saturated heterocycles. The fraction of sp³-hybridized carbons (Fsp3) is 0.500. The third-order valence-electron chi connectivity index (χ3n) is 2.97. The van der Waals surface area contributed by atoms with Crippen LogP contribution in [0.1, 0.15) is 11.4 Å². The number of piperazine rings is 1. The summed E-state index contributed by atoms with van der Waals surface area (Å²) in [7, 11) is 0. The predicted octanol–water partition coefficient (Wildman–Crippen LogP) is 1.19. The third-order valence-corrected chi connectivity index (χ3v) is 2.97. The van der Waals surface area contributed by atoms with Gasteiger partial charge in [-0.2, -0.15) is 0 Å². The Kier molecular flexibility index (Phi) is 3.58. The van der Waals surface area contributed by atoms with E-state index in [1.54, 1.807) is 0 Å². The summed E-state index contributed by atoms with van der Waals surface area (Å²) in [5.74, 6) is 0. The molecule has 0 aliphatic carbocycles. The monoisotopic (exact) mass is 235 g/mol. The molecule has 1 aromatic heterocycles. The Morgan fingerprint density at radius 3 is 2.65 bits per heavy atom. The first kappa shape index (κ1) is 11.9. The SMILES string of the molecule is Cc1cccc(CN2CCN(C(=O)O)CC2)n1. The molecule has 1 fully saturated rings. The number of hydrogen-bond donors (Lipinski definition) is 1. The fourth-order valence-corrected chi connectivity index (χ4v) is 2.01.